The third kappa shape index (κ3) is 5.06. The molecule has 0 bridgehead atoms. The summed E-state index contributed by atoms with van der Waals surface area (Å²) in [7, 11) is 3.33. The average Bonchev–Trinajstić information content (AvgIpc) is 2.58. The molecular formula is C19H18BrNO3. The quantitative estimate of drug-likeness (QED) is 0.559. The van der Waals surface area contributed by atoms with E-state index in [2.05, 4.69) is 15.9 Å². The number of rotatable bonds is 6. The van der Waals surface area contributed by atoms with Gasteiger partial charge in [-0.3, -0.25) is 9.59 Å². The van der Waals surface area contributed by atoms with Crippen molar-refractivity contribution in [2.24, 2.45) is 0 Å². The number of likely N-dealkylation sites (N-methyl/N-ethyl adjacent to an activating group) is 1. The fourth-order valence-corrected chi connectivity index (χ4v) is 2.30. The van der Waals surface area contributed by atoms with E-state index < -0.39 is 0 Å². The van der Waals surface area contributed by atoms with Gasteiger partial charge in [-0.15, -0.1) is 0 Å². The van der Waals surface area contributed by atoms with Gasteiger partial charge in [-0.2, -0.15) is 0 Å². The molecule has 5 heteroatoms. The lowest BCUT2D eigenvalue weighted by molar-refractivity contribution is -0.130. The van der Waals surface area contributed by atoms with Gasteiger partial charge < -0.3 is 9.64 Å². The van der Waals surface area contributed by atoms with Gasteiger partial charge in [-0.1, -0.05) is 46.3 Å². The summed E-state index contributed by atoms with van der Waals surface area (Å²) in [5, 5.41) is 0. The number of halogens is 1. The van der Waals surface area contributed by atoms with Crippen LogP contribution in [0.1, 0.15) is 15.9 Å². The number of carbonyl (C=O) groups is 2. The molecule has 0 aliphatic heterocycles. The standard InChI is InChI=1S/C19H18BrNO3/c1-21(2)19(23)13-24-16-8-5-7-15(12-16)18(22)11-10-14-6-3-4-9-17(14)20/h3-12H,13H2,1-2H3/b11-10+. The van der Waals surface area contributed by atoms with E-state index in [0.29, 0.717) is 11.3 Å². The van der Waals surface area contributed by atoms with Crippen LogP contribution in [0.3, 0.4) is 0 Å². The second kappa shape index (κ2) is 8.45. The van der Waals surface area contributed by atoms with E-state index in [1.54, 1.807) is 44.4 Å². The van der Waals surface area contributed by atoms with Gasteiger partial charge >= 0.3 is 0 Å². The second-order valence-corrected chi connectivity index (χ2v) is 6.18. The predicted molar refractivity (Wildman–Crippen MR) is 98.1 cm³/mol. The van der Waals surface area contributed by atoms with Crippen molar-refractivity contribution in [3.63, 3.8) is 0 Å². The molecule has 2 rings (SSSR count). The number of ether oxygens (including phenoxy) is 1. The van der Waals surface area contributed by atoms with Crippen LogP contribution < -0.4 is 4.74 Å². The Morgan fingerprint density at radius 3 is 2.58 bits per heavy atom. The number of allylic oxidation sites excluding steroid dienone is 1. The highest BCUT2D eigenvalue weighted by Gasteiger charge is 2.07. The van der Waals surface area contributed by atoms with E-state index >= 15 is 0 Å². The Morgan fingerprint density at radius 2 is 1.88 bits per heavy atom. The maximum Gasteiger partial charge on any atom is 0.259 e. The lowest BCUT2D eigenvalue weighted by Crippen LogP contribution is -2.27. The predicted octanol–water partition coefficient (Wildman–Crippen LogP) is 3.81. The lowest BCUT2D eigenvalue weighted by atomic mass is 10.1. The molecule has 0 aliphatic rings. The molecule has 2 aromatic rings. The zero-order valence-corrected chi connectivity index (χ0v) is 15.1. The molecule has 24 heavy (non-hydrogen) atoms. The van der Waals surface area contributed by atoms with Gasteiger partial charge in [0, 0.05) is 24.1 Å². The van der Waals surface area contributed by atoms with Crippen LogP contribution in [-0.2, 0) is 4.79 Å². The van der Waals surface area contributed by atoms with Crippen LogP contribution in [0.15, 0.2) is 59.1 Å². The Balaban J connectivity index is 2.06. The molecule has 0 aliphatic carbocycles. The molecule has 0 aromatic heterocycles. The Labute approximate surface area is 149 Å². The molecule has 4 nitrogen and oxygen atoms in total. The van der Waals surface area contributed by atoms with Gasteiger partial charge in [0.15, 0.2) is 12.4 Å². The summed E-state index contributed by atoms with van der Waals surface area (Å²) in [4.78, 5) is 25.3. The minimum atomic E-state index is -0.138. The first-order valence-corrected chi connectivity index (χ1v) is 8.16. The van der Waals surface area contributed by atoms with Crippen molar-refractivity contribution in [2.75, 3.05) is 20.7 Å². The van der Waals surface area contributed by atoms with Crippen molar-refractivity contribution in [1.82, 2.24) is 4.90 Å². The topological polar surface area (TPSA) is 46.6 Å². The molecule has 0 fully saturated rings. The Bertz CT molecular complexity index is 769. The van der Waals surface area contributed by atoms with Crippen molar-refractivity contribution in [1.29, 1.82) is 0 Å². The number of ketones is 1. The van der Waals surface area contributed by atoms with Gasteiger partial charge in [-0.25, -0.2) is 0 Å². The van der Waals surface area contributed by atoms with Crippen LogP contribution in [0, 0.1) is 0 Å². The van der Waals surface area contributed by atoms with Crippen LogP contribution in [0.5, 0.6) is 5.75 Å². The summed E-state index contributed by atoms with van der Waals surface area (Å²) in [6, 6.07) is 14.5. The monoisotopic (exact) mass is 387 g/mol. The van der Waals surface area contributed by atoms with E-state index in [1.165, 1.54) is 11.0 Å². The minimum Gasteiger partial charge on any atom is -0.484 e. The van der Waals surface area contributed by atoms with Gasteiger partial charge in [0.05, 0.1) is 0 Å². The third-order valence-corrected chi connectivity index (χ3v) is 4.02. The van der Waals surface area contributed by atoms with Crippen molar-refractivity contribution in [2.45, 2.75) is 0 Å². The largest absolute Gasteiger partial charge is 0.484 e. The highest BCUT2D eigenvalue weighted by Crippen LogP contribution is 2.18. The van der Waals surface area contributed by atoms with Gasteiger partial charge in [-0.05, 0) is 35.9 Å². The van der Waals surface area contributed by atoms with Crippen LogP contribution in [0.4, 0.5) is 0 Å². The van der Waals surface area contributed by atoms with Gasteiger partial charge in [0.2, 0.25) is 0 Å². The van der Waals surface area contributed by atoms with Crippen LogP contribution in [0.2, 0.25) is 0 Å². The molecule has 0 atom stereocenters. The fourth-order valence-electron chi connectivity index (χ4n) is 1.89. The Hall–Kier alpha value is -2.40. The fraction of sp³-hybridized carbons (Fsp3) is 0.158. The van der Waals surface area contributed by atoms with E-state index in [1.807, 2.05) is 24.3 Å². The summed E-state index contributed by atoms with van der Waals surface area (Å²) in [5.74, 6) is 0.223. The molecule has 0 heterocycles. The summed E-state index contributed by atoms with van der Waals surface area (Å²) < 4.78 is 6.35. The number of carbonyl (C=O) groups excluding carboxylic acids is 2. The Morgan fingerprint density at radius 1 is 1.12 bits per heavy atom. The zero-order valence-electron chi connectivity index (χ0n) is 13.5. The van der Waals surface area contributed by atoms with E-state index in [-0.39, 0.29) is 18.3 Å². The highest BCUT2D eigenvalue weighted by atomic mass is 79.9. The normalized spacial score (nSPS) is 10.6. The number of benzene rings is 2. The third-order valence-electron chi connectivity index (χ3n) is 3.30. The summed E-state index contributed by atoms with van der Waals surface area (Å²) in [5.41, 5.74) is 1.43. The number of hydrogen-bond acceptors (Lipinski definition) is 3. The molecule has 0 unspecified atom stereocenters. The molecule has 0 saturated carbocycles. The van der Waals surface area contributed by atoms with Crippen molar-refractivity contribution < 1.29 is 14.3 Å². The van der Waals surface area contributed by atoms with Crippen molar-refractivity contribution in [3.05, 3.63) is 70.2 Å². The number of amides is 1. The molecule has 2 aromatic carbocycles. The van der Waals surface area contributed by atoms with Gasteiger partial charge in [0.25, 0.3) is 5.91 Å². The molecule has 0 radical (unpaired) electrons. The molecule has 0 N–H and O–H groups in total. The summed E-state index contributed by atoms with van der Waals surface area (Å²) in [6.07, 6.45) is 3.28. The average molecular weight is 388 g/mol. The van der Waals surface area contributed by atoms with Crippen LogP contribution in [0.25, 0.3) is 6.08 Å². The first-order valence-electron chi connectivity index (χ1n) is 7.37. The highest BCUT2D eigenvalue weighted by molar-refractivity contribution is 9.10. The van der Waals surface area contributed by atoms with Crippen LogP contribution in [-0.4, -0.2) is 37.3 Å². The van der Waals surface area contributed by atoms with Crippen molar-refractivity contribution >= 4 is 33.7 Å². The summed E-state index contributed by atoms with van der Waals surface area (Å²) >= 11 is 3.44. The number of nitrogens with zero attached hydrogens (tertiary/aromatic N) is 1. The zero-order chi connectivity index (χ0) is 17.5. The SMILES string of the molecule is CN(C)C(=O)COc1cccc(C(=O)/C=C/c2ccccc2Br)c1. The maximum absolute atomic E-state index is 12.3. The van der Waals surface area contributed by atoms with Crippen molar-refractivity contribution in [3.8, 4) is 5.75 Å². The molecular weight excluding hydrogens is 370 g/mol. The van der Waals surface area contributed by atoms with Gasteiger partial charge in [0.1, 0.15) is 5.75 Å². The smallest absolute Gasteiger partial charge is 0.259 e. The van der Waals surface area contributed by atoms with E-state index in [0.717, 1.165) is 10.0 Å². The van der Waals surface area contributed by atoms with E-state index in [9.17, 15) is 9.59 Å². The minimum absolute atomic E-state index is 0.0581. The first-order chi connectivity index (χ1) is 11.5. The van der Waals surface area contributed by atoms with E-state index in [4.69, 9.17) is 4.74 Å². The summed E-state index contributed by atoms with van der Waals surface area (Å²) in [6.45, 7) is -0.0581. The Kier molecular flexibility index (Phi) is 6.32. The second-order valence-electron chi connectivity index (χ2n) is 5.32. The first kappa shape index (κ1) is 17.9. The maximum atomic E-state index is 12.3. The molecule has 124 valence electrons. The molecule has 0 saturated heterocycles. The number of hydrogen-bond donors (Lipinski definition) is 0. The molecule has 1 amide bonds. The molecule has 0 spiro atoms. The van der Waals surface area contributed by atoms with Crippen LogP contribution >= 0.6 is 15.9 Å². The lowest BCUT2D eigenvalue weighted by Gasteiger charge is -2.11.